The van der Waals surface area contributed by atoms with Crippen LogP contribution in [0.3, 0.4) is 0 Å². The predicted molar refractivity (Wildman–Crippen MR) is 101 cm³/mol. The van der Waals surface area contributed by atoms with Crippen molar-refractivity contribution in [3.8, 4) is 0 Å². The first-order valence-electron chi connectivity index (χ1n) is 8.15. The van der Waals surface area contributed by atoms with E-state index in [1.54, 1.807) is 19.1 Å². The van der Waals surface area contributed by atoms with Crippen LogP contribution in [0.25, 0.3) is 10.1 Å². The first kappa shape index (κ1) is 19.4. The molecule has 1 saturated heterocycles. The normalized spacial score (nSPS) is 15.6. The van der Waals surface area contributed by atoms with Crippen molar-refractivity contribution >= 4 is 51.0 Å². The van der Waals surface area contributed by atoms with Gasteiger partial charge < -0.3 is 14.4 Å². The number of esters is 2. The summed E-state index contributed by atoms with van der Waals surface area (Å²) in [6, 6.07) is 5.88. The van der Waals surface area contributed by atoms with Crippen molar-refractivity contribution in [3.63, 3.8) is 0 Å². The summed E-state index contributed by atoms with van der Waals surface area (Å²) in [6.45, 7) is 2.07. The summed E-state index contributed by atoms with van der Waals surface area (Å²) in [7, 11) is 0. The minimum absolute atomic E-state index is 0.0199. The number of fused-ring (bicyclic) bond motifs is 1. The molecule has 1 aliphatic rings. The van der Waals surface area contributed by atoms with Gasteiger partial charge >= 0.3 is 11.9 Å². The van der Waals surface area contributed by atoms with Crippen LogP contribution in [-0.2, 0) is 19.1 Å². The zero-order valence-electron chi connectivity index (χ0n) is 14.4. The Balaban J connectivity index is 1.59. The van der Waals surface area contributed by atoms with Crippen molar-refractivity contribution in [3.05, 3.63) is 46.1 Å². The number of carbonyl (C=O) groups is 3. The Morgan fingerprint density at radius 2 is 2.11 bits per heavy atom. The van der Waals surface area contributed by atoms with Crippen LogP contribution in [0.4, 0.5) is 4.39 Å². The van der Waals surface area contributed by atoms with Gasteiger partial charge in [0.15, 0.2) is 0 Å². The minimum Gasteiger partial charge on any atom is -0.463 e. The zero-order valence-corrected chi connectivity index (χ0v) is 16.0. The fourth-order valence-corrected chi connectivity index (χ4v) is 4.36. The van der Waals surface area contributed by atoms with Crippen LogP contribution in [0.15, 0.2) is 35.4 Å². The highest BCUT2D eigenvalue weighted by Crippen LogP contribution is 2.29. The maximum atomic E-state index is 13.2. The van der Waals surface area contributed by atoms with Gasteiger partial charge in [0.25, 0.3) is 0 Å². The molecule has 1 aromatic heterocycles. The van der Waals surface area contributed by atoms with E-state index in [9.17, 15) is 18.8 Å². The van der Waals surface area contributed by atoms with E-state index < -0.39 is 11.9 Å². The maximum Gasteiger partial charge on any atom is 0.348 e. The summed E-state index contributed by atoms with van der Waals surface area (Å²) < 4.78 is 24.1. The quantitative estimate of drug-likeness (QED) is 0.539. The fourth-order valence-electron chi connectivity index (χ4n) is 2.47. The van der Waals surface area contributed by atoms with E-state index >= 15 is 0 Å². The number of carbonyl (C=O) groups excluding carboxylic acids is 3. The van der Waals surface area contributed by atoms with Gasteiger partial charge in [-0.05, 0) is 36.6 Å². The Morgan fingerprint density at radius 3 is 2.89 bits per heavy atom. The molecule has 1 amide bonds. The number of thioether (sulfide) groups is 1. The van der Waals surface area contributed by atoms with E-state index in [0.29, 0.717) is 15.3 Å². The molecule has 0 radical (unpaired) electrons. The van der Waals surface area contributed by atoms with Crippen LogP contribution in [0.5, 0.6) is 0 Å². The van der Waals surface area contributed by atoms with Crippen LogP contribution in [0.1, 0.15) is 16.6 Å². The van der Waals surface area contributed by atoms with Crippen molar-refractivity contribution < 1.29 is 28.2 Å². The number of halogens is 1. The van der Waals surface area contributed by atoms with Gasteiger partial charge in [0.05, 0.1) is 30.0 Å². The van der Waals surface area contributed by atoms with E-state index in [4.69, 9.17) is 9.47 Å². The summed E-state index contributed by atoms with van der Waals surface area (Å²) in [5, 5.41) is 1.12. The first-order valence-corrected chi connectivity index (χ1v) is 9.96. The molecular weight excluding hydrogens is 393 g/mol. The Morgan fingerprint density at radius 1 is 1.30 bits per heavy atom. The molecule has 1 aromatic carbocycles. The highest BCUT2D eigenvalue weighted by molar-refractivity contribution is 8.04. The average Bonchev–Trinajstić information content (AvgIpc) is 3.19. The fraction of sp³-hybridized carbons (Fsp3) is 0.278. The van der Waals surface area contributed by atoms with E-state index in [-0.39, 0.29) is 37.2 Å². The topological polar surface area (TPSA) is 72.9 Å². The van der Waals surface area contributed by atoms with Crippen LogP contribution in [-0.4, -0.2) is 48.3 Å². The van der Waals surface area contributed by atoms with Gasteiger partial charge in [-0.2, -0.15) is 0 Å². The highest BCUT2D eigenvalue weighted by Gasteiger charge is 2.27. The van der Waals surface area contributed by atoms with Crippen LogP contribution in [0, 0.1) is 5.82 Å². The number of rotatable bonds is 6. The molecular formula is C18H16FNO5S2. The van der Waals surface area contributed by atoms with Crippen molar-refractivity contribution in [2.45, 2.75) is 6.92 Å². The molecule has 3 rings (SSSR count). The monoisotopic (exact) mass is 409 g/mol. The number of hydrogen-bond donors (Lipinski definition) is 0. The van der Waals surface area contributed by atoms with Crippen LogP contribution < -0.4 is 0 Å². The number of nitrogens with zero attached hydrogens (tertiary/aromatic N) is 1. The summed E-state index contributed by atoms with van der Waals surface area (Å²) in [4.78, 5) is 37.5. The maximum absolute atomic E-state index is 13.2. The second-order valence-electron chi connectivity index (χ2n) is 5.50. The molecule has 0 spiro atoms. The van der Waals surface area contributed by atoms with Gasteiger partial charge in [0.2, 0.25) is 5.91 Å². The molecule has 2 aromatic rings. The van der Waals surface area contributed by atoms with Gasteiger partial charge in [-0.15, -0.1) is 11.3 Å². The van der Waals surface area contributed by atoms with Gasteiger partial charge in [-0.1, -0.05) is 11.8 Å². The van der Waals surface area contributed by atoms with E-state index in [1.165, 1.54) is 46.2 Å². The Labute approximate surface area is 162 Å². The molecule has 0 aliphatic carbocycles. The third-order valence-corrected chi connectivity index (χ3v) is 5.79. The standard InChI is InChI=1S/C18H16FNO5S2/c1-2-24-17(22)9-16-20(15(21)10-26-16)5-6-25-18(23)14-8-11-7-12(19)3-4-13(11)27-14/h3-4,7-9H,2,5-6,10H2,1H3/b16-9-. The van der Waals surface area contributed by atoms with Gasteiger partial charge in [-0.3, -0.25) is 4.79 Å². The largest absolute Gasteiger partial charge is 0.463 e. The molecule has 0 saturated carbocycles. The Hall–Kier alpha value is -2.39. The number of thiophene rings is 1. The second kappa shape index (κ2) is 8.53. The SMILES string of the molecule is CCOC(=O)/C=C1\SCC(=O)N1CCOC(=O)c1cc2cc(F)ccc2s1. The predicted octanol–water partition coefficient (Wildman–Crippen LogP) is 3.18. The zero-order chi connectivity index (χ0) is 19.4. The van der Waals surface area contributed by atoms with Crippen molar-refractivity contribution in [1.29, 1.82) is 0 Å². The number of benzene rings is 1. The molecule has 27 heavy (non-hydrogen) atoms. The summed E-state index contributed by atoms with van der Waals surface area (Å²) in [6.07, 6.45) is 1.27. The van der Waals surface area contributed by atoms with Crippen molar-refractivity contribution in [1.82, 2.24) is 4.90 Å². The number of hydrogen-bond acceptors (Lipinski definition) is 7. The van der Waals surface area contributed by atoms with Crippen LogP contribution in [0.2, 0.25) is 0 Å². The van der Waals surface area contributed by atoms with Gasteiger partial charge in [0.1, 0.15) is 17.3 Å². The third-order valence-electron chi connectivity index (χ3n) is 3.67. The summed E-state index contributed by atoms with van der Waals surface area (Å²) in [5.74, 6) is -1.36. The molecule has 0 unspecified atom stereocenters. The van der Waals surface area contributed by atoms with Crippen LogP contribution >= 0.6 is 23.1 Å². The first-order chi connectivity index (χ1) is 13.0. The van der Waals surface area contributed by atoms with Gasteiger partial charge in [-0.25, -0.2) is 14.0 Å². The summed E-state index contributed by atoms with van der Waals surface area (Å²) >= 11 is 2.45. The molecule has 0 N–H and O–H groups in total. The number of amides is 1. The molecule has 0 atom stereocenters. The second-order valence-corrected chi connectivity index (χ2v) is 7.58. The molecule has 9 heteroatoms. The lowest BCUT2D eigenvalue weighted by Gasteiger charge is -2.16. The molecule has 2 heterocycles. The Kier molecular flexibility index (Phi) is 6.12. The molecule has 0 bridgehead atoms. The highest BCUT2D eigenvalue weighted by atomic mass is 32.2. The lowest BCUT2D eigenvalue weighted by atomic mass is 10.2. The summed E-state index contributed by atoms with van der Waals surface area (Å²) in [5.41, 5.74) is 0. The average molecular weight is 409 g/mol. The van der Waals surface area contributed by atoms with Gasteiger partial charge in [0, 0.05) is 4.70 Å². The molecule has 142 valence electrons. The van der Waals surface area contributed by atoms with E-state index in [2.05, 4.69) is 0 Å². The molecule has 1 fully saturated rings. The molecule has 6 nitrogen and oxygen atoms in total. The third kappa shape index (κ3) is 4.67. The molecule has 1 aliphatic heterocycles. The lowest BCUT2D eigenvalue weighted by Crippen LogP contribution is -2.29. The van der Waals surface area contributed by atoms with E-state index in [1.807, 2.05) is 0 Å². The number of ether oxygens (including phenoxy) is 2. The minimum atomic E-state index is -0.535. The van der Waals surface area contributed by atoms with Crippen molar-refractivity contribution in [2.75, 3.05) is 25.5 Å². The smallest absolute Gasteiger partial charge is 0.348 e. The Bertz CT molecular complexity index is 924. The lowest BCUT2D eigenvalue weighted by molar-refractivity contribution is -0.137. The van der Waals surface area contributed by atoms with E-state index in [0.717, 1.165) is 4.70 Å². The van der Waals surface area contributed by atoms with Crippen molar-refractivity contribution in [2.24, 2.45) is 0 Å².